The zero-order chi connectivity index (χ0) is 15.6. The van der Waals surface area contributed by atoms with Crippen molar-refractivity contribution < 1.29 is 4.74 Å². The Hall–Kier alpha value is -1.45. The van der Waals surface area contributed by atoms with E-state index in [1.807, 2.05) is 26.8 Å². The normalized spacial score (nSPS) is 10.6. The van der Waals surface area contributed by atoms with Gasteiger partial charge in [-0.1, -0.05) is 29.3 Å². The van der Waals surface area contributed by atoms with Crippen LogP contribution in [0, 0.1) is 20.8 Å². The van der Waals surface area contributed by atoms with Gasteiger partial charge < -0.3 is 10.1 Å². The van der Waals surface area contributed by atoms with Crippen molar-refractivity contribution in [2.45, 2.75) is 27.7 Å². The Morgan fingerprint density at radius 1 is 1.10 bits per heavy atom. The molecule has 3 nitrogen and oxygen atoms in total. The highest BCUT2D eigenvalue weighted by atomic mass is 35.5. The summed E-state index contributed by atoms with van der Waals surface area (Å²) in [5.74, 6) is 1.68. The summed E-state index contributed by atoms with van der Waals surface area (Å²) >= 11 is 12.3. The highest BCUT2D eigenvalue weighted by Crippen LogP contribution is 2.35. The predicted octanol–water partition coefficient (Wildman–Crippen LogP) is 5.54. The maximum absolute atomic E-state index is 6.18. The summed E-state index contributed by atoms with van der Waals surface area (Å²) in [5.41, 5.74) is 3.37. The van der Waals surface area contributed by atoms with E-state index in [-0.39, 0.29) is 0 Å². The molecule has 0 saturated carbocycles. The molecule has 0 saturated heterocycles. The predicted molar refractivity (Wildman–Crippen MR) is 89.1 cm³/mol. The van der Waals surface area contributed by atoms with Crippen LogP contribution in [-0.2, 0) is 0 Å². The van der Waals surface area contributed by atoms with Crippen LogP contribution in [0.1, 0.15) is 23.6 Å². The van der Waals surface area contributed by atoms with E-state index in [2.05, 4.69) is 23.3 Å². The summed E-state index contributed by atoms with van der Waals surface area (Å²) in [6, 6.07) is 5.73. The molecule has 0 atom stereocenters. The Labute approximate surface area is 135 Å². The average Bonchev–Trinajstić information content (AvgIpc) is 2.41. The molecule has 0 bridgehead atoms. The van der Waals surface area contributed by atoms with E-state index in [1.165, 1.54) is 5.56 Å². The number of ether oxygens (including phenoxy) is 1. The van der Waals surface area contributed by atoms with E-state index in [0.717, 1.165) is 23.4 Å². The molecular weight excluding hydrogens is 307 g/mol. The van der Waals surface area contributed by atoms with Crippen LogP contribution in [0.5, 0.6) is 11.6 Å². The van der Waals surface area contributed by atoms with Gasteiger partial charge >= 0.3 is 0 Å². The fraction of sp³-hybridized carbons (Fsp3) is 0.312. The minimum Gasteiger partial charge on any atom is -0.437 e. The third kappa shape index (κ3) is 3.60. The highest BCUT2D eigenvalue weighted by molar-refractivity contribution is 6.36. The van der Waals surface area contributed by atoms with E-state index < -0.39 is 0 Å². The summed E-state index contributed by atoms with van der Waals surface area (Å²) < 4.78 is 5.90. The van der Waals surface area contributed by atoms with Gasteiger partial charge in [0.1, 0.15) is 16.6 Å². The second kappa shape index (κ2) is 6.54. The van der Waals surface area contributed by atoms with Gasteiger partial charge in [-0.25, -0.2) is 0 Å². The zero-order valence-corrected chi connectivity index (χ0v) is 14.1. The monoisotopic (exact) mass is 324 g/mol. The maximum atomic E-state index is 6.18. The topological polar surface area (TPSA) is 34.2 Å². The smallest absolute Gasteiger partial charge is 0.240 e. The molecule has 0 aliphatic rings. The third-order valence-electron chi connectivity index (χ3n) is 3.21. The van der Waals surface area contributed by atoms with Crippen LogP contribution in [0.15, 0.2) is 18.2 Å². The number of rotatable bonds is 4. The first-order valence-electron chi connectivity index (χ1n) is 6.78. The molecule has 0 unspecified atom stereocenters. The van der Waals surface area contributed by atoms with Gasteiger partial charge in [-0.05, 0) is 56.5 Å². The first-order valence-corrected chi connectivity index (χ1v) is 7.53. The Morgan fingerprint density at radius 2 is 1.81 bits per heavy atom. The number of pyridine rings is 1. The van der Waals surface area contributed by atoms with E-state index in [4.69, 9.17) is 27.9 Å². The summed E-state index contributed by atoms with van der Waals surface area (Å²) in [6.07, 6.45) is 0. The first-order chi connectivity index (χ1) is 9.92. The van der Waals surface area contributed by atoms with Crippen LogP contribution >= 0.6 is 23.2 Å². The van der Waals surface area contributed by atoms with Gasteiger partial charge in [-0.2, -0.15) is 4.98 Å². The van der Waals surface area contributed by atoms with Crippen molar-refractivity contribution in [1.82, 2.24) is 4.98 Å². The Bertz CT molecular complexity index is 672. The summed E-state index contributed by atoms with van der Waals surface area (Å²) in [7, 11) is 0. The Kier molecular flexibility index (Phi) is 4.96. The van der Waals surface area contributed by atoms with Crippen LogP contribution in [-0.4, -0.2) is 11.5 Å². The van der Waals surface area contributed by atoms with E-state index in [0.29, 0.717) is 21.7 Å². The average molecular weight is 325 g/mol. The van der Waals surface area contributed by atoms with Crippen LogP contribution in [0.4, 0.5) is 5.82 Å². The molecule has 1 aromatic heterocycles. The molecule has 1 N–H and O–H groups in total. The third-order valence-corrected chi connectivity index (χ3v) is 3.77. The van der Waals surface area contributed by atoms with Crippen molar-refractivity contribution in [1.29, 1.82) is 0 Å². The molecule has 0 aliphatic carbocycles. The van der Waals surface area contributed by atoms with E-state index in [9.17, 15) is 0 Å². The summed E-state index contributed by atoms with van der Waals surface area (Å²) in [6.45, 7) is 8.78. The number of aromatic nitrogens is 1. The van der Waals surface area contributed by atoms with Gasteiger partial charge in [-0.15, -0.1) is 0 Å². The number of anilines is 1. The SMILES string of the molecule is CCNc1nc(Oc2cc(C)cc(C)c2C)c(Cl)cc1Cl. The van der Waals surface area contributed by atoms with E-state index >= 15 is 0 Å². The molecule has 5 heteroatoms. The van der Waals surface area contributed by atoms with Gasteiger partial charge in [0, 0.05) is 6.54 Å². The lowest BCUT2D eigenvalue weighted by atomic mass is 10.1. The molecule has 0 fully saturated rings. The number of benzene rings is 1. The lowest BCUT2D eigenvalue weighted by Crippen LogP contribution is -2.02. The molecule has 2 aromatic rings. The van der Waals surface area contributed by atoms with Crippen LogP contribution in [0.25, 0.3) is 0 Å². The molecule has 112 valence electrons. The van der Waals surface area contributed by atoms with Gasteiger partial charge in [0.15, 0.2) is 0 Å². The number of aryl methyl sites for hydroxylation is 2. The molecule has 1 aromatic carbocycles. The standard InChI is InChI=1S/C16H18Cl2N2O/c1-5-19-15-12(17)8-13(18)16(20-15)21-14-7-9(2)6-10(3)11(14)4/h6-8H,5H2,1-4H3,(H,19,20). The van der Waals surface area contributed by atoms with Gasteiger partial charge in [0.2, 0.25) is 5.88 Å². The highest BCUT2D eigenvalue weighted by Gasteiger charge is 2.13. The number of nitrogens with one attached hydrogen (secondary N) is 1. The molecule has 1 heterocycles. The van der Waals surface area contributed by atoms with Crippen LogP contribution < -0.4 is 10.1 Å². The van der Waals surface area contributed by atoms with Crippen molar-refractivity contribution in [2.24, 2.45) is 0 Å². The van der Waals surface area contributed by atoms with Crippen molar-refractivity contribution in [3.63, 3.8) is 0 Å². The number of halogens is 2. The molecular formula is C16H18Cl2N2O. The number of hydrogen-bond acceptors (Lipinski definition) is 3. The Balaban J connectivity index is 2.42. The quantitative estimate of drug-likeness (QED) is 0.801. The number of nitrogens with zero attached hydrogens (tertiary/aromatic N) is 1. The van der Waals surface area contributed by atoms with Crippen molar-refractivity contribution in [3.05, 3.63) is 44.9 Å². The first kappa shape index (κ1) is 15.9. The fourth-order valence-electron chi connectivity index (χ4n) is 2.02. The van der Waals surface area contributed by atoms with Crippen LogP contribution in [0.3, 0.4) is 0 Å². The van der Waals surface area contributed by atoms with Crippen LogP contribution in [0.2, 0.25) is 10.0 Å². The second-order valence-corrected chi connectivity index (χ2v) is 5.76. The molecule has 21 heavy (non-hydrogen) atoms. The molecule has 0 spiro atoms. The van der Waals surface area contributed by atoms with Gasteiger partial charge in [0.05, 0.1) is 5.02 Å². The lowest BCUT2D eigenvalue weighted by molar-refractivity contribution is 0.459. The number of hydrogen-bond donors (Lipinski definition) is 1. The second-order valence-electron chi connectivity index (χ2n) is 4.94. The minimum absolute atomic E-state index is 0.352. The molecule has 0 amide bonds. The molecule has 0 aliphatic heterocycles. The molecule has 0 radical (unpaired) electrons. The van der Waals surface area contributed by atoms with Crippen molar-refractivity contribution in [3.8, 4) is 11.6 Å². The lowest BCUT2D eigenvalue weighted by Gasteiger charge is -2.14. The largest absolute Gasteiger partial charge is 0.437 e. The van der Waals surface area contributed by atoms with Crippen molar-refractivity contribution in [2.75, 3.05) is 11.9 Å². The Morgan fingerprint density at radius 3 is 2.48 bits per heavy atom. The summed E-state index contributed by atoms with van der Waals surface area (Å²) in [5, 5.41) is 3.95. The van der Waals surface area contributed by atoms with Crippen molar-refractivity contribution >= 4 is 29.0 Å². The maximum Gasteiger partial charge on any atom is 0.240 e. The zero-order valence-electron chi connectivity index (χ0n) is 12.6. The fourth-order valence-corrected chi connectivity index (χ4v) is 2.49. The van der Waals surface area contributed by atoms with Gasteiger partial charge in [0.25, 0.3) is 0 Å². The minimum atomic E-state index is 0.352. The van der Waals surface area contributed by atoms with Gasteiger partial charge in [-0.3, -0.25) is 0 Å². The summed E-state index contributed by atoms with van der Waals surface area (Å²) in [4.78, 5) is 4.36. The molecule has 2 rings (SSSR count). The van der Waals surface area contributed by atoms with E-state index in [1.54, 1.807) is 6.07 Å².